The molecule has 0 aromatic carbocycles. The van der Waals surface area contributed by atoms with Crippen molar-refractivity contribution in [3.63, 3.8) is 0 Å². The monoisotopic (exact) mass is 194 g/mol. The van der Waals surface area contributed by atoms with Gasteiger partial charge in [0, 0.05) is 6.42 Å². The predicted molar refractivity (Wildman–Crippen MR) is 39.1 cm³/mol. The molecule has 0 radical (unpaired) electrons. The maximum Gasteiger partial charge on any atom is 0.391 e. The molecule has 1 heterocycles. The molecule has 0 aliphatic rings. The fourth-order valence-corrected chi connectivity index (χ4v) is 1.02. The number of aliphatic hydroxyl groups excluding tert-OH is 1. The lowest BCUT2D eigenvalue weighted by Gasteiger charge is -2.11. The van der Waals surface area contributed by atoms with Gasteiger partial charge in [0.25, 0.3) is 0 Å². The van der Waals surface area contributed by atoms with E-state index in [0.717, 1.165) is 0 Å². The van der Waals surface area contributed by atoms with E-state index in [9.17, 15) is 13.2 Å². The van der Waals surface area contributed by atoms with Crippen LogP contribution in [-0.4, -0.2) is 17.4 Å². The molecule has 0 amide bonds. The van der Waals surface area contributed by atoms with Gasteiger partial charge in [-0.2, -0.15) is 13.2 Å². The SMILES string of the molecule is OC(Cc1ccoc1)CC(F)(F)F. The van der Waals surface area contributed by atoms with Gasteiger partial charge in [-0.3, -0.25) is 0 Å². The van der Waals surface area contributed by atoms with Crippen molar-refractivity contribution < 1.29 is 22.7 Å². The molecule has 1 aromatic rings. The summed E-state index contributed by atoms with van der Waals surface area (Å²) in [5, 5.41) is 8.99. The minimum Gasteiger partial charge on any atom is -0.472 e. The van der Waals surface area contributed by atoms with Crippen molar-refractivity contribution in [2.24, 2.45) is 0 Å². The number of hydrogen-bond acceptors (Lipinski definition) is 2. The highest BCUT2D eigenvalue weighted by molar-refractivity contribution is 5.06. The van der Waals surface area contributed by atoms with Gasteiger partial charge in [-0.05, 0) is 11.6 Å². The summed E-state index contributed by atoms with van der Waals surface area (Å²) in [6.07, 6.45) is -4.25. The number of furan rings is 1. The molecule has 5 heteroatoms. The molecule has 0 saturated carbocycles. The van der Waals surface area contributed by atoms with Gasteiger partial charge in [-0.15, -0.1) is 0 Å². The molecule has 1 N–H and O–H groups in total. The summed E-state index contributed by atoms with van der Waals surface area (Å²) in [5.41, 5.74) is 0.566. The summed E-state index contributed by atoms with van der Waals surface area (Å²) in [6, 6.07) is 1.53. The van der Waals surface area contributed by atoms with Gasteiger partial charge in [-0.1, -0.05) is 0 Å². The third-order valence-electron chi connectivity index (χ3n) is 1.52. The lowest BCUT2D eigenvalue weighted by atomic mass is 10.1. The number of alkyl halides is 3. The lowest BCUT2D eigenvalue weighted by molar-refractivity contribution is -0.153. The van der Waals surface area contributed by atoms with E-state index in [1.807, 2.05) is 0 Å². The lowest BCUT2D eigenvalue weighted by Crippen LogP contribution is -2.20. The van der Waals surface area contributed by atoms with E-state index in [-0.39, 0.29) is 6.42 Å². The van der Waals surface area contributed by atoms with Crippen LogP contribution in [0.5, 0.6) is 0 Å². The number of rotatable bonds is 3. The first-order chi connectivity index (χ1) is 5.97. The first-order valence-electron chi connectivity index (χ1n) is 3.73. The van der Waals surface area contributed by atoms with Gasteiger partial charge in [0.1, 0.15) is 0 Å². The molecule has 0 bridgehead atoms. The van der Waals surface area contributed by atoms with E-state index in [1.165, 1.54) is 18.6 Å². The highest BCUT2D eigenvalue weighted by Crippen LogP contribution is 2.22. The fourth-order valence-electron chi connectivity index (χ4n) is 1.02. The minimum atomic E-state index is -4.32. The van der Waals surface area contributed by atoms with E-state index >= 15 is 0 Å². The molecular formula is C8H9F3O2. The Bertz CT molecular complexity index is 240. The van der Waals surface area contributed by atoms with Gasteiger partial charge in [-0.25, -0.2) is 0 Å². The maximum atomic E-state index is 11.8. The Morgan fingerprint density at radius 2 is 2.15 bits per heavy atom. The summed E-state index contributed by atoms with van der Waals surface area (Å²) in [7, 11) is 0. The van der Waals surface area contributed by atoms with E-state index < -0.39 is 18.7 Å². The molecule has 1 rings (SSSR count). The molecule has 0 fully saturated rings. The molecule has 2 nitrogen and oxygen atoms in total. The van der Waals surface area contributed by atoms with Crippen LogP contribution in [0.3, 0.4) is 0 Å². The summed E-state index contributed by atoms with van der Waals surface area (Å²) in [6.45, 7) is 0. The number of halogens is 3. The highest BCUT2D eigenvalue weighted by Gasteiger charge is 2.31. The van der Waals surface area contributed by atoms with Crippen molar-refractivity contribution >= 4 is 0 Å². The Balaban J connectivity index is 2.38. The third-order valence-corrected chi connectivity index (χ3v) is 1.52. The standard InChI is InChI=1S/C8H9F3O2/c9-8(10,11)4-7(12)3-6-1-2-13-5-6/h1-2,5,7,12H,3-4H2. The molecule has 13 heavy (non-hydrogen) atoms. The Labute approximate surface area is 73.0 Å². The fraction of sp³-hybridized carbons (Fsp3) is 0.500. The zero-order valence-electron chi connectivity index (χ0n) is 6.71. The predicted octanol–water partition coefficient (Wildman–Crippen LogP) is 2.14. The Kier molecular flexibility index (Phi) is 2.98. The third kappa shape index (κ3) is 3.98. The number of hydrogen-bond donors (Lipinski definition) is 1. The van der Waals surface area contributed by atoms with Gasteiger partial charge >= 0.3 is 6.18 Å². The Hall–Kier alpha value is -0.970. The van der Waals surface area contributed by atoms with E-state index in [1.54, 1.807) is 0 Å². The molecule has 0 spiro atoms. The van der Waals surface area contributed by atoms with Crippen molar-refractivity contribution in [1.82, 2.24) is 0 Å². The molecule has 1 unspecified atom stereocenters. The van der Waals surface area contributed by atoms with E-state index in [2.05, 4.69) is 4.42 Å². The van der Waals surface area contributed by atoms with Crippen LogP contribution < -0.4 is 0 Å². The zero-order valence-corrected chi connectivity index (χ0v) is 6.71. The van der Waals surface area contributed by atoms with Crippen LogP contribution in [0.25, 0.3) is 0 Å². The average molecular weight is 194 g/mol. The smallest absolute Gasteiger partial charge is 0.391 e. The van der Waals surface area contributed by atoms with Crippen LogP contribution in [0.4, 0.5) is 13.2 Å². The topological polar surface area (TPSA) is 33.4 Å². The normalized spacial score (nSPS) is 14.5. The van der Waals surface area contributed by atoms with Crippen LogP contribution in [0, 0.1) is 0 Å². The first-order valence-corrected chi connectivity index (χ1v) is 3.73. The van der Waals surface area contributed by atoms with Crippen LogP contribution in [0.1, 0.15) is 12.0 Å². The quantitative estimate of drug-likeness (QED) is 0.799. The summed E-state index contributed by atoms with van der Waals surface area (Å²) in [4.78, 5) is 0. The zero-order chi connectivity index (χ0) is 9.90. The van der Waals surface area contributed by atoms with Crippen LogP contribution in [0.2, 0.25) is 0 Å². The highest BCUT2D eigenvalue weighted by atomic mass is 19.4. The second-order valence-electron chi connectivity index (χ2n) is 2.81. The average Bonchev–Trinajstić information content (AvgIpc) is 2.34. The minimum absolute atomic E-state index is 0.0317. The van der Waals surface area contributed by atoms with Crippen molar-refractivity contribution in [3.05, 3.63) is 24.2 Å². The number of aliphatic hydroxyl groups is 1. The van der Waals surface area contributed by atoms with Gasteiger partial charge < -0.3 is 9.52 Å². The second kappa shape index (κ2) is 3.83. The molecule has 0 aliphatic carbocycles. The van der Waals surface area contributed by atoms with Crippen LogP contribution >= 0.6 is 0 Å². The summed E-state index contributed by atoms with van der Waals surface area (Å²) < 4.78 is 39.9. The van der Waals surface area contributed by atoms with Crippen molar-refractivity contribution in [2.75, 3.05) is 0 Å². The molecule has 1 atom stereocenters. The van der Waals surface area contributed by atoms with Gasteiger partial charge in [0.05, 0.1) is 25.1 Å². The van der Waals surface area contributed by atoms with Crippen molar-refractivity contribution in [1.29, 1.82) is 0 Å². The summed E-state index contributed by atoms with van der Waals surface area (Å²) in [5.74, 6) is 0. The largest absolute Gasteiger partial charge is 0.472 e. The molecule has 74 valence electrons. The molecule has 0 saturated heterocycles. The van der Waals surface area contributed by atoms with Gasteiger partial charge in [0.2, 0.25) is 0 Å². The summed E-state index contributed by atoms with van der Waals surface area (Å²) >= 11 is 0. The Morgan fingerprint density at radius 3 is 2.62 bits per heavy atom. The molecule has 0 aliphatic heterocycles. The maximum absolute atomic E-state index is 11.8. The first kappa shape index (κ1) is 10.1. The van der Waals surface area contributed by atoms with Crippen molar-refractivity contribution in [2.45, 2.75) is 25.1 Å². The van der Waals surface area contributed by atoms with Crippen LogP contribution in [-0.2, 0) is 6.42 Å². The van der Waals surface area contributed by atoms with Gasteiger partial charge in [0.15, 0.2) is 0 Å². The van der Waals surface area contributed by atoms with E-state index in [4.69, 9.17) is 5.11 Å². The van der Waals surface area contributed by atoms with Crippen LogP contribution in [0.15, 0.2) is 23.0 Å². The Morgan fingerprint density at radius 1 is 1.46 bits per heavy atom. The molecular weight excluding hydrogens is 185 g/mol. The second-order valence-corrected chi connectivity index (χ2v) is 2.81. The molecule has 1 aromatic heterocycles. The van der Waals surface area contributed by atoms with Crippen molar-refractivity contribution in [3.8, 4) is 0 Å². The van der Waals surface area contributed by atoms with E-state index in [0.29, 0.717) is 5.56 Å².